The van der Waals surface area contributed by atoms with Crippen molar-refractivity contribution in [1.82, 2.24) is 42.5 Å². The first-order valence-corrected chi connectivity index (χ1v) is 24.1. The third kappa shape index (κ3) is 12.3. The van der Waals surface area contributed by atoms with Crippen molar-refractivity contribution in [3.05, 3.63) is 0 Å². The van der Waals surface area contributed by atoms with Gasteiger partial charge in [-0.15, -0.1) is 0 Å². The summed E-state index contributed by atoms with van der Waals surface area (Å²) in [5.74, 6) is 4.16. The molecule has 25 heteroatoms. The molecule has 5 heterocycles. The zero-order chi connectivity index (χ0) is 40.1. The van der Waals surface area contributed by atoms with Crippen molar-refractivity contribution in [2.75, 3.05) is 0 Å². The summed E-state index contributed by atoms with van der Waals surface area (Å²) in [5, 5.41) is 32.9. The topological polar surface area (TPSA) is 303 Å². The molecule has 9 rings (SSSR count). The Hall–Kier alpha value is -0.161. The van der Waals surface area contributed by atoms with Crippen LogP contribution in [0.1, 0.15) is 96.3 Å². The van der Waals surface area contributed by atoms with Crippen molar-refractivity contribution in [3.8, 4) is 0 Å². The van der Waals surface area contributed by atoms with Crippen LogP contribution in [-0.2, 0) is 98.9 Å². The number of fused-ring (bicyclic) bond motifs is 20. The van der Waals surface area contributed by atoms with Crippen molar-refractivity contribution < 1.29 is 68.6 Å². The van der Waals surface area contributed by atoms with Crippen LogP contribution in [0.3, 0.4) is 0 Å². The van der Waals surface area contributed by atoms with Crippen molar-refractivity contribution in [2.24, 2.45) is 47.3 Å². The molecule has 57 heavy (non-hydrogen) atoms. The summed E-state index contributed by atoms with van der Waals surface area (Å²) in [6.45, 7) is 0. The molecule has 0 amide bonds. The molecule has 0 spiro atoms. The maximum atomic E-state index is 11.8. The van der Waals surface area contributed by atoms with Gasteiger partial charge in [-0.25, -0.2) is 0 Å². The van der Waals surface area contributed by atoms with Crippen molar-refractivity contribution in [2.45, 2.75) is 152 Å². The second-order valence-electron chi connectivity index (χ2n) is 16.7. The normalized spacial score (nSPS) is 44.4. The van der Waals surface area contributed by atoms with Crippen molar-refractivity contribution >= 4 is 43.9 Å². The van der Waals surface area contributed by atoms with E-state index in [4.69, 9.17) is 43.1 Å². The largest absolute Gasteiger partial charge is 4.00 e. The minimum absolute atomic E-state index is 0. The summed E-state index contributed by atoms with van der Waals surface area (Å²) in [6, 6.07) is 0. The fourth-order valence-electron chi connectivity index (χ4n) is 12.2. The van der Waals surface area contributed by atoms with Crippen LogP contribution in [0.4, 0.5) is 0 Å². The van der Waals surface area contributed by atoms with Gasteiger partial charge in [0.05, 0.1) is 60.3 Å². The van der Waals surface area contributed by atoms with Gasteiger partial charge in [0, 0.05) is 45.0 Å². The number of hydrogen-bond acceptors (Lipinski definition) is 21. The molecule has 5 saturated heterocycles. The first-order valence-electron chi connectivity index (χ1n) is 20.0. The van der Waals surface area contributed by atoms with E-state index in [1.807, 2.05) is 0 Å². The molecular formula is C32H58FeN8O12S4. The van der Waals surface area contributed by atoms with Crippen LogP contribution in [-0.4, -0.2) is 69.1 Å². The van der Waals surface area contributed by atoms with Gasteiger partial charge in [0.1, 0.15) is 0 Å². The van der Waals surface area contributed by atoms with Gasteiger partial charge in [0.25, 0.3) is 0 Å². The van der Waals surface area contributed by atoms with Gasteiger partial charge in [-0.1, -0.05) is 44.9 Å². The molecule has 0 aromatic rings. The van der Waals surface area contributed by atoms with Gasteiger partial charge in [-0.2, -0.15) is 0 Å². The van der Waals surface area contributed by atoms with E-state index in [2.05, 4.69) is 42.5 Å². The smallest absolute Gasteiger partial charge is 0.439 e. The van der Waals surface area contributed by atoms with E-state index in [-0.39, 0.29) is 59.9 Å². The molecule has 5 aliphatic heterocycles. The molecule has 17 unspecified atom stereocenters. The second kappa shape index (κ2) is 22.3. The minimum atomic E-state index is -2.86. The predicted octanol–water partition coefficient (Wildman–Crippen LogP) is 1.13. The molecule has 9 aliphatic rings. The third-order valence-corrected chi connectivity index (χ3v) is 14.4. The van der Waals surface area contributed by atoms with Crippen molar-refractivity contribution in [3.63, 3.8) is 0 Å². The van der Waals surface area contributed by atoms with Crippen LogP contribution in [0, 0.1) is 47.3 Å². The fraction of sp³-hybridized carbons (Fsp3) is 1.00. The van der Waals surface area contributed by atoms with E-state index in [1.165, 1.54) is 77.0 Å². The number of rotatable bonds is 2. The van der Waals surface area contributed by atoms with Gasteiger partial charge < -0.3 is 51.5 Å². The van der Waals surface area contributed by atoms with Gasteiger partial charge in [-0.05, 0) is 92.8 Å². The molecule has 0 radical (unpaired) electrons. The monoisotopic (exact) mass is 930 g/mol. The molecule has 0 aromatic heterocycles. The summed E-state index contributed by atoms with van der Waals surface area (Å²) >= 11 is 0. The summed E-state index contributed by atoms with van der Waals surface area (Å²) in [5.41, 5.74) is 0. The summed E-state index contributed by atoms with van der Waals surface area (Å²) in [6.07, 6.45) is 20.0. The molecule has 4 aliphatic carbocycles. The Balaban J connectivity index is 0.000000424. The summed E-state index contributed by atoms with van der Waals surface area (Å²) in [7, 11) is -11.1. The Morgan fingerprint density at radius 2 is 0.579 bits per heavy atom. The Labute approximate surface area is 352 Å². The molecular weight excluding hydrogens is 873 g/mol. The van der Waals surface area contributed by atoms with E-state index in [0.29, 0.717) is 59.9 Å². The van der Waals surface area contributed by atoms with Gasteiger partial charge in [-0.3, -0.25) is 42.5 Å². The number of hydrogen-bond donors (Lipinski definition) is 11. The maximum absolute atomic E-state index is 11.8. The molecule has 330 valence electrons. The van der Waals surface area contributed by atoms with Crippen LogP contribution < -0.4 is 42.5 Å². The average Bonchev–Trinajstić information content (AvgIpc) is 3.87. The van der Waals surface area contributed by atoms with Gasteiger partial charge >= 0.3 is 17.1 Å². The zero-order valence-corrected chi connectivity index (χ0v) is 35.8. The van der Waals surface area contributed by atoms with Crippen LogP contribution in [0.25, 0.3) is 0 Å². The van der Waals surface area contributed by atoms with Crippen molar-refractivity contribution in [1.29, 1.82) is 0 Å². The van der Waals surface area contributed by atoms with Crippen LogP contribution in [0.5, 0.6) is 0 Å². The maximum Gasteiger partial charge on any atom is 4.00 e. The molecule has 9 fully saturated rings. The first kappa shape index (κ1) is 47.9. The predicted molar refractivity (Wildman–Crippen MR) is 200 cm³/mol. The van der Waals surface area contributed by atoms with E-state index in [0.717, 1.165) is 19.3 Å². The number of nitrogens with one attached hydrogen (secondary N) is 8. The molecule has 4 saturated carbocycles. The van der Waals surface area contributed by atoms with E-state index in [1.54, 1.807) is 0 Å². The molecule has 20 nitrogen and oxygen atoms in total. The molecule has 0 aromatic carbocycles. The Morgan fingerprint density at radius 3 is 0.842 bits per heavy atom. The third-order valence-electron chi connectivity index (χ3n) is 14.0. The van der Waals surface area contributed by atoms with Crippen LogP contribution >= 0.6 is 0 Å². The van der Waals surface area contributed by atoms with Crippen LogP contribution in [0.2, 0.25) is 0 Å². The summed E-state index contributed by atoms with van der Waals surface area (Å²) < 4.78 is 102. The quantitative estimate of drug-likeness (QED) is 0.0801. The fourth-order valence-corrected chi connectivity index (χ4v) is 12.6. The van der Waals surface area contributed by atoms with Gasteiger partial charge in [0.15, 0.2) is 0 Å². The zero-order valence-electron chi connectivity index (χ0n) is 31.4. The van der Waals surface area contributed by atoms with Gasteiger partial charge in [0.2, 0.25) is 0 Å². The second-order valence-corrected chi connectivity index (χ2v) is 18.6. The minimum Gasteiger partial charge on any atom is -0.439 e. The van der Waals surface area contributed by atoms with Crippen LogP contribution in [0.15, 0.2) is 0 Å². The Morgan fingerprint density at radius 1 is 0.351 bits per heavy atom. The average molecular weight is 931 g/mol. The molecule has 17 atom stereocenters. The molecule has 8 bridgehead atoms. The SMILES string of the molecule is O=[S-](=O)O.O=[S-](=O)O.O=[S-](=O)O.O=[S-](=O)OC1CCCC2C3NC4NC(NC5NC(NC6NC(NC(N3)C12)C1CCCCC61)C1CCCCC51)C1CCCCC41.[Fe+4]. The summed E-state index contributed by atoms with van der Waals surface area (Å²) in [4.78, 5) is 0. The van der Waals surface area contributed by atoms with E-state index in [9.17, 15) is 8.42 Å². The molecule has 11 N–H and O–H groups in total. The first-order chi connectivity index (χ1) is 26.8. The Bertz CT molecular complexity index is 1550. The standard InChI is InChI=1S/C32H55N8O3S.Fe.3HO3S/c41-44(42)43-23-15-7-14-22-24(23)32-39-30-21-13-6-5-12-20(21)28(37-30)35-26-17-9-2-1-8-16(17)25(33-26)34-27-18-10-3-4-11-19(18)29(36-27)38-31(22)40-32;;3*1-4(2)3/h16-40H,1-15H2;;3*(H,1,2,3)/q-1;+4;3*-1. The Kier molecular flexibility index (Phi) is 18.7. The van der Waals surface area contributed by atoms with E-state index >= 15 is 0 Å². The van der Waals surface area contributed by atoms with E-state index < -0.39 is 43.9 Å².